The summed E-state index contributed by atoms with van der Waals surface area (Å²) in [5.74, 6) is 0.128. The van der Waals surface area contributed by atoms with Gasteiger partial charge in [-0.1, -0.05) is 12.2 Å². The third-order valence-corrected chi connectivity index (χ3v) is 7.22. The van der Waals surface area contributed by atoms with Gasteiger partial charge >= 0.3 is 0 Å². The number of carbonyl (C=O) groups excluding carboxylic acids is 2. The number of benzene rings is 2. The molecule has 1 saturated carbocycles. The number of nitro benzene ring substituents is 1. The Morgan fingerprint density at radius 1 is 1.11 bits per heavy atom. The van der Waals surface area contributed by atoms with Gasteiger partial charge in [-0.2, -0.15) is 10.1 Å². The molecule has 0 unspecified atom stereocenters. The van der Waals surface area contributed by atoms with Crippen LogP contribution in [-0.4, -0.2) is 34.6 Å². The molecule has 2 aromatic carbocycles. The normalized spacial score (nSPS) is 24.5. The summed E-state index contributed by atoms with van der Waals surface area (Å²) in [5, 5.41) is 16.1. The Morgan fingerprint density at radius 3 is 2.37 bits per heavy atom. The number of carbonyl (C=O) groups is 2. The van der Waals surface area contributed by atoms with Gasteiger partial charge in [0.15, 0.2) is 11.5 Å². The molecule has 2 bridgehead atoms. The van der Waals surface area contributed by atoms with E-state index < -0.39 is 4.92 Å². The number of hydrogen-bond acceptors (Lipinski definition) is 7. The van der Waals surface area contributed by atoms with E-state index in [1.165, 1.54) is 18.3 Å². The van der Waals surface area contributed by atoms with Gasteiger partial charge in [-0.25, -0.2) is 0 Å². The second-order valence-corrected chi connectivity index (χ2v) is 9.56. The maximum absolute atomic E-state index is 12.8. The van der Waals surface area contributed by atoms with E-state index in [0.717, 1.165) is 17.0 Å². The van der Waals surface area contributed by atoms with Gasteiger partial charge in [0.1, 0.15) is 6.61 Å². The van der Waals surface area contributed by atoms with Gasteiger partial charge in [0, 0.05) is 12.1 Å². The van der Waals surface area contributed by atoms with Crippen LogP contribution in [-0.2, 0) is 16.2 Å². The van der Waals surface area contributed by atoms with Crippen LogP contribution >= 0.6 is 15.9 Å². The first-order chi connectivity index (χ1) is 16.9. The van der Waals surface area contributed by atoms with Crippen molar-refractivity contribution >= 4 is 39.6 Å². The molecule has 1 heterocycles. The zero-order valence-electron chi connectivity index (χ0n) is 18.8. The van der Waals surface area contributed by atoms with Crippen LogP contribution in [0.15, 0.2) is 58.1 Å². The highest BCUT2D eigenvalue weighted by Crippen LogP contribution is 2.52. The number of ether oxygens (including phenoxy) is 2. The Morgan fingerprint density at radius 2 is 1.77 bits per heavy atom. The highest BCUT2D eigenvalue weighted by atomic mass is 79.9. The van der Waals surface area contributed by atoms with E-state index in [4.69, 9.17) is 9.47 Å². The molecule has 35 heavy (non-hydrogen) atoms. The Balaban J connectivity index is 1.32. The van der Waals surface area contributed by atoms with Crippen molar-refractivity contribution in [1.29, 1.82) is 0 Å². The van der Waals surface area contributed by atoms with Crippen LogP contribution in [0.3, 0.4) is 0 Å². The minimum absolute atomic E-state index is 0.0103. The van der Waals surface area contributed by atoms with Crippen molar-refractivity contribution in [2.75, 3.05) is 6.61 Å². The first kappa shape index (κ1) is 23.2. The molecule has 10 heteroatoms. The average molecular weight is 540 g/mol. The van der Waals surface area contributed by atoms with Gasteiger partial charge in [-0.15, -0.1) is 0 Å². The summed E-state index contributed by atoms with van der Waals surface area (Å²) in [6.45, 7) is 2.42. The quantitative estimate of drug-likeness (QED) is 0.161. The second kappa shape index (κ2) is 9.26. The van der Waals surface area contributed by atoms with Crippen LogP contribution in [0.1, 0.15) is 24.5 Å². The van der Waals surface area contributed by atoms with E-state index in [0.29, 0.717) is 28.1 Å². The van der Waals surface area contributed by atoms with Crippen molar-refractivity contribution < 1.29 is 24.0 Å². The van der Waals surface area contributed by atoms with Gasteiger partial charge in [0.05, 0.1) is 34.1 Å². The molecular weight excluding hydrogens is 518 g/mol. The molecule has 2 amide bonds. The maximum Gasteiger partial charge on any atom is 0.269 e. The Hall–Kier alpha value is -3.53. The molecule has 0 radical (unpaired) electrons. The molecule has 2 fully saturated rings. The fourth-order valence-corrected chi connectivity index (χ4v) is 5.63. The number of non-ortho nitro benzene ring substituents is 1. The molecule has 1 saturated heterocycles. The number of hydrogen-bond donors (Lipinski definition) is 0. The minimum atomic E-state index is -0.453. The molecule has 5 rings (SSSR count). The highest BCUT2D eigenvalue weighted by Gasteiger charge is 2.59. The lowest BCUT2D eigenvalue weighted by atomic mass is 9.85. The van der Waals surface area contributed by atoms with E-state index in [2.05, 4.69) is 21.0 Å². The fraction of sp³-hybridized carbons (Fsp3) is 0.320. The molecule has 9 nitrogen and oxygen atoms in total. The SMILES string of the molecule is CCOc1cc(/C=N\N2C(=O)[C@H]3[C@H](C2=O)[C@H]2C=C[C@H]3C2)cc(Br)c1OCc1ccc([N+](=O)[O-])cc1. The van der Waals surface area contributed by atoms with Crippen LogP contribution in [0.5, 0.6) is 11.5 Å². The fourth-order valence-electron chi connectivity index (χ4n) is 5.06. The molecular formula is C25H22BrN3O6. The van der Waals surface area contributed by atoms with Crippen molar-refractivity contribution in [1.82, 2.24) is 5.01 Å². The Labute approximate surface area is 209 Å². The van der Waals surface area contributed by atoms with Gasteiger partial charge in [0.25, 0.3) is 17.5 Å². The topological polar surface area (TPSA) is 111 Å². The zero-order chi connectivity index (χ0) is 24.7. The summed E-state index contributed by atoms with van der Waals surface area (Å²) >= 11 is 3.50. The summed E-state index contributed by atoms with van der Waals surface area (Å²) in [6.07, 6.45) is 6.44. The zero-order valence-corrected chi connectivity index (χ0v) is 20.4. The standard InChI is InChI=1S/C25H22BrN3O6/c1-2-34-20-10-15(9-19(26)23(20)35-13-14-3-7-18(8-4-14)29(32)33)12-27-28-24(30)21-16-5-6-17(11-16)22(21)25(28)31/h3-10,12,16-17,21-22H,2,11,13H2,1H3/b27-12-/t16-,17-,21+,22+/m0/s1. The highest BCUT2D eigenvalue weighted by molar-refractivity contribution is 9.10. The lowest BCUT2D eigenvalue weighted by Crippen LogP contribution is -2.28. The molecule has 0 spiro atoms. The first-order valence-electron chi connectivity index (χ1n) is 11.3. The van der Waals surface area contributed by atoms with Crippen molar-refractivity contribution in [3.63, 3.8) is 0 Å². The van der Waals surface area contributed by atoms with Crippen LogP contribution < -0.4 is 9.47 Å². The van der Waals surface area contributed by atoms with E-state index in [1.54, 1.807) is 24.3 Å². The van der Waals surface area contributed by atoms with E-state index in [9.17, 15) is 19.7 Å². The lowest BCUT2D eigenvalue weighted by molar-refractivity contribution is -0.384. The maximum atomic E-state index is 12.8. The van der Waals surface area contributed by atoms with Crippen LogP contribution in [0, 0.1) is 33.8 Å². The van der Waals surface area contributed by atoms with Crippen molar-refractivity contribution in [2.45, 2.75) is 20.0 Å². The Bertz CT molecular complexity index is 1230. The summed E-state index contributed by atoms with van der Waals surface area (Å²) in [6, 6.07) is 9.60. The molecule has 3 aliphatic rings. The molecule has 2 aromatic rings. The molecule has 2 aliphatic carbocycles. The number of fused-ring (bicyclic) bond motifs is 5. The minimum Gasteiger partial charge on any atom is -0.490 e. The number of rotatable bonds is 8. The number of allylic oxidation sites excluding steroid dienone is 2. The molecule has 0 N–H and O–H groups in total. The van der Waals surface area contributed by atoms with Crippen LogP contribution in [0.4, 0.5) is 5.69 Å². The number of nitro groups is 1. The summed E-state index contributed by atoms with van der Waals surface area (Å²) < 4.78 is 12.3. The van der Waals surface area contributed by atoms with E-state index in [1.807, 2.05) is 19.1 Å². The number of nitrogens with zero attached hydrogens (tertiary/aromatic N) is 3. The molecule has 0 aromatic heterocycles. The molecule has 4 atom stereocenters. The average Bonchev–Trinajstić information content (AvgIpc) is 3.52. The van der Waals surface area contributed by atoms with Crippen molar-refractivity contribution in [3.05, 3.63) is 74.3 Å². The predicted molar refractivity (Wildman–Crippen MR) is 130 cm³/mol. The number of halogens is 1. The van der Waals surface area contributed by atoms with Crippen LogP contribution in [0.2, 0.25) is 0 Å². The largest absolute Gasteiger partial charge is 0.490 e. The van der Waals surface area contributed by atoms with Gasteiger partial charge in [-0.3, -0.25) is 19.7 Å². The van der Waals surface area contributed by atoms with Gasteiger partial charge in [0.2, 0.25) is 0 Å². The third-order valence-electron chi connectivity index (χ3n) is 6.63. The summed E-state index contributed by atoms with van der Waals surface area (Å²) in [4.78, 5) is 36.1. The second-order valence-electron chi connectivity index (χ2n) is 8.71. The van der Waals surface area contributed by atoms with Crippen LogP contribution in [0.25, 0.3) is 0 Å². The lowest BCUT2D eigenvalue weighted by Gasteiger charge is -2.15. The number of amides is 2. The van der Waals surface area contributed by atoms with Crippen molar-refractivity contribution in [3.8, 4) is 11.5 Å². The predicted octanol–water partition coefficient (Wildman–Crippen LogP) is 4.48. The summed E-state index contributed by atoms with van der Waals surface area (Å²) in [5.41, 5.74) is 1.40. The van der Waals surface area contributed by atoms with Gasteiger partial charge < -0.3 is 9.47 Å². The Kier molecular flexibility index (Phi) is 6.14. The van der Waals surface area contributed by atoms with Gasteiger partial charge in [-0.05, 0) is 76.5 Å². The smallest absolute Gasteiger partial charge is 0.269 e. The van der Waals surface area contributed by atoms with E-state index >= 15 is 0 Å². The summed E-state index contributed by atoms with van der Waals surface area (Å²) in [7, 11) is 0. The number of imide groups is 1. The first-order valence-corrected chi connectivity index (χ1v) is 12.1. The molecule has 1 aliphatic heterocycles. The monoisotopic (exact) mass is 539 g/mol. The van der Waals surface area contributed by atoms with Crippen molar-refractivity contribution in [2.24, 2.45) is 28.8 Å². The van der Waals surface area contributed by atoms with E-state index in [-0.39, 0.29) is 47.8 Å². The number of hydrazone groups is 1. The third kappa shape index (κ3) is 4.22. The molecule has 180 valence electrons.